The van der Waals surface area contributed by atoms with Crippen molar-refractivity contribution in [2.45, 2.75) is 0 Å². The Kier molecular flexibility index (Phi) is 5.52. The molecule has 0 saturated carbocycles. The smallest absolute Gasteiger partial charge is 0.273 e. The molecule has 0 unspecified atom stereocenters. The quantitative estimate of drug-likeness (QED) is 0.615. The van der Waals surface area contributed by atoms with Gasteiger partial charge in [-0.3, -0.25) is 30.1 Å². The summed E-state index contributed by atoms with van der Waals surface area (Å²) in [7, 11) is 0. The lowest BCUT2D eigenvalue weighted by molar-refractivity contribution is -0.125. The fourth-order valence-electron chi connectivity index (χ4n) is 2.42. The number of nitrogens with one attached hydrogen (secondary N) is 2. The van der Waals surface area contributed by atoms with Crippen molar-refractivity contribution in [3.05, 3.63) is 51.5 Å². The number of benzene rings is 2. The van der Waals surface area contributed by atoms with Crippen LogP contribution in [0.2, 0.25) is 5.02 Å². The van der Waals surface area contributed by atoms with Crippen LogP contribution in [-0.2, 0) is 9.59 Å². The number of anilines is 1. The number of carbonyl (C=O) groups is 3. The van der Waals surface area contributed by atoms with E-state index in [9.17, 15) is 19.5 Å². The van der Waals surface area contributed by atoms with Crippen LogP contribution in [0.4, 0.5) is 5.69 Å². The topological polar surface area (TPSA) is 108 Å². The Morgan fingerprint density at radius 1 is 1.22 bits per heavy atom. The fraction of sp³-hybridized carbons (Fsp3) is 0.118. The molecule has 0 aliphatic carbocycles. The Bertz CT molecular complexity index is 937. The summed E-state index contributed by atoms with van der Waals surface area (Å²) in [5.41, 5.74) is 4.72. The molecule has 1 heterocycles. The molecule has 0 spiro atoms. The maximum absolute atomic E-state index is 12.2. The molecule has 2 aromatic rings. The van der Waals surface area contributed by atoms with Gasteiger partial charge in [-0.05, 0) is 36.4 Å². The molecular formula is C17H13BrClN3O5. The van der Waals surface area contributed by atoms with Crippen LogP contribution in [0.25, 0.3) is 0 Å². The van der Waals surface area contributed by atoms with Crippen LogP contribution < -0.4 is 20.5 Å². The Labute approximate surface area is 167 Å². The van der Waals surface area contributed by atoms with E-state index in [1.54, 1.807) is 18.2 Å². The molecule has 0 atom stereocenters. The molecule has 3 rings (SSSR count). The molecule has 3 amide bonds. The maximum atomic E-state index is 12.2. The first-order valence-electron chi connectivity index (χ1n) is 7.65. The third kappa shape index (κ3) is 4.32. The van der Waals surface area contributed by atoms with E-state index in [4.69, 9.17) is 16.3 Å². The van der Waals surface area contributed by atoms with Crippen molar-refractivity contribution in [1.82, 2.24) is 10.9 Å². The number of aromatic hydroxyl groups is 1. The zero-order valence-corrected chi connectivity index (χ0v) is 16.0. The minimum atomic E-state index is -0.749. The van der Waals surface area contributed by atoms with Gasteiger partial charge in [0.15, 0.2) is 6.61 Å². The minimum Gasteiger partial charge on any atom is -0.507 e. The fourth-order valence-corrected chi connectivity index (χ4v) is 2.93. The normalized spacial score (nSPS) is 12.8. The summed E-state index contributed by atoms with van der Waals surface area (Å²) in [5, 5.41) is 9.95. The number of halogens is 2. The molecule has 0 aromatic heterocycles. The molecule has 0 fully saturated rings. The number of carbonyl (C=O) groups excluding carboxylic acids is 3. The average molecular weight is 455 g/mol. The van der Waals surface area contributed by atoms with Crippen molar-refractivity contribution in [3.63, 3.8) is 0 Å². The first-order valence-corrected chi connectivity index (χ1v) is 8.82. The highest BCUT2D eigenvalue weighted by molar-refractivity contribution is 9.10. The third-order valence-electron chi connectivity index (χ3n) is 3.69. The van der Waals surface area contributed by atoms with Crippen LogP contribution >= 0.6 is 27.5 Å². The summed E-state index contributed by atoms with van der Waals surface area (Å²) < 4.78 is 6.12. The summed E-state index contributed by atoms with van der Waals surface area (Å²) in [6.07, 6.45) is 0. The van der Waals surface area contributed by atoms with E-state index in [0.717, 1.165) is 4.47 Å². The van der Waals surface area contributed by atoms with Crippen molar-refractivity contribution in [1.29, 1.82) is 0 Å². The predicted octanol–water partition coefficient (Wildman–Crippen LogP) is 1.99. The van der Waals surface area contributed by atoms with Gasteiger partial charge < -0.3 is 9.84 Å². The van der Waals surface area contributed by atoms with Crippen molar-refractivity contribution in [2.24, 2.45) is 0 Å². The second kappa shape index (κ2) is 7.85. The number of amides is 3. The molecule has 10 heteroatoms. The average Bonchev–Trinajstić information content (AvgIpc) is 2.64. The number of hydrazine groups is 1. The van der Waals surface area contributed by atoms with Gasteiger partial charge in [0.1, 0.15) is 18.0 Å². The number of fused-ring (bicyclic) bond motifs is 1. The molecule has 1 aliphatic heterocycles. The molecular weight excluding hydrogens is 442 g/mol. The molecule has 27 heavy (non-hydrogen) atoms. The zero-order valence-electron chi connectivity index (χ0n) is 13.7. The van der Waals surface area contributed by atoms with Gasteiger partial charge in [-0.25, -0.2) is 0 Å². The molecule has 8 nitrogen and oxygen atoms in total. The molecule has 0 bridgehead atoms. The van der Waals surface area contributed by atoms with Crippen LogP contribution in [0.5, 0.6) is 11.5 Å². The molecule has 0 radical (unpaired) electrons. The van der Waals surface area contributed by atoms with E-state index >= 15 is 0 Å². The van der Waals surface area contributed by atoms with E-state index in [2.05, 4.69) is 26.8 Å². The summed E-state index contributed by atoms with van der Waals surface area (Å²) in [4.78, 5) is 37.6. The number of phenols is 1. The summed E-state index contributed by atoms with van der Waals surface area (Å²) in [6.45, 7) is -0.516. The van der Waals surface area contributed by atoms with Crippen molar-refractivity contribution >= 4 is 50.9 Å². The van der Waals surface area contributed by atoms with Crippen molar-refractivity contribution in [3.8, 4) is 11.5 Å². The van der Waals surface area contributed by atoms with E-state index in [0.29, 0.717) is 11.4 Å². The zero-order chi connectivity index (χ0) is 19.6. The Balaban J connectivity index is 1.65. The second-order valence-corrected chi connectivity index (χ2v) is 6.90. The van der Waals surface area contributed by atoms with Gasteiger partial charge in [0.2, 0.25) is 0 Å². The van der Waals surface area contributed by atoms with Gasteiger partial charge in [0.25, 0.3) is 17.7 Å². The SMILES string of the molecule is O=C(CN1C(=O)COc2cc(Br)ccc21)NNC(=O)c1cc(Cl)ccc1O. The second-order valence-electron chi connectivity index (χ2n) is 5.54. The minimum absolute atomic E-state index is 0.0968. The van der Waals surface area contributed by atoms with E-state index in [-0.39, 0.29) is 29.5 Å². The first kappa shape index (κ1) is 19.0. The first-order chi connectivity index (χ1) is 12.8. The monoisotopic (exact) mass is 453 g/mol. The van der Waals surface area contributed by atoms with Crippen LogP contribution in [0.1, 0.15) is 10.4 Å². The lowest BCUT2D eigenvalue weighted by atomic mass is 10.2. The molecule has 140 valence electrons. The van der Waals surface area contributed by atoms with Gasteiger partial charge in [0.05, 0.1) is 11.3 Å². The highest BCUT2D eigenvalue weighted by Crippen LogP contribution is 2.34. The Morgan fingerprint density at radius 2 is 2.00 bits per heavy atom. The Hall–Kier alpha value is -2.78. The number of rotatable bonds is 3. The number of hydrogen-bond donors (Lipinski definition) is 3. The van der Waals surface area contributed by atoms with E-state index in [1.807, 2.05) is 0 Å². The summed E-state index contributed by atoms with van der Waals surface area (Å²) in [6, 6.07) is 9.00. The lowest BCUT2D eigenvalue weighted by Gasteiger charge is -2.28. The van der Waals surface area contributed by atoms with E-state index in [1.165, 1.54) is 23.1 Å². The molecule has 3 N–H and O–H groups in total. The predicted molar refractivity (Wildman–Crippen MR) is 101 cm³/mol. The highest BCUT2D eigenvalue weighted by Gasteiger charge is 2.27. The van der Waals surface area contributed by atoms with Crippen LogP contribution in [0.15, 0.2) is 40.9 Å². The largest absolute Gasteiger partial charge is 0.507 e. The molecule has 0 saturated heterocycles. The molecule has 1 aliphatic rings. The Morgan fingerprint density at radius 3 is 2.78 bits per heavy atom. The lowest BCUT2D eigenvalue weighted by Crippen LogP contribution is -2.49. The van der Waals surface area contributed by atoms with Gasteiger partial charge in [-0.15, -0.1) is 0 Å². The number of ether oxygens (including phenoxy) is 1. The van der Waals surface area contributed by atoms with Crippen LogP contribution in [0, 0.1) is 0 Å². The number of nitrogens with zero attached hydrogens (tertiary/aromatic N) is 1. The third-order valence-corrected chi connectivity index (χ3v) is 4.41. The van der Waals surface area contributed by atoms with Crippen LogP contribution in [-0.4, -0.2) is 36.0 Å². The highest BCUT2D eigenvalue weighted by atomic mass is 79.9. The standard InChI is InChI=1S/C17H13BrClN3O5/c18-9-1-3-12-14(5-9)27-8-16(25)22(12)7-15(24)20-21-17(26)11-6-10(19)2-4-13(11)23/h1-6,23H,7-8H2,(H,20,24)(H,21,26). The maximum Gasteiger partial charge on any atom is 0.273 e. The van der Waals surface area contributed by atoms with Crippen molar-refractivity contribution in [2.75, 3.05) is 18.1 Å². The van der Waals surface area contributed by atoms with Gasteiger partial charge in [-0.2, -0.15) is 0 Å². The molecule has 2 aromatic carbocycles. The van der Waals surface area contributed by atoms with Crippen molar-refractivity contribution < 1.29 is 24.2 Å². The van der Waals surface area contributed by atoms with Crippen LogP contribution in [0.3, 0.4) is 0 Å². The van der Waals surface area contributed by atoms with Gasteiger partial charge in [0, 0.05) is 9.50 Å². The summed E-state index contributed by atoms with van der Waals surface area (Å²) >= 11 is 9.10. The summed E-state index contributed by atoms with van der Waals surface area (Å²) in [5.74, 6) is -1.59. The number of hydrogen-bond acceptors (Lipinski definition) is 5. The van der Waals surface area contributed by atoms with Gasteiger partial charge in [-0.1, -0.05) is 27.5 Å². The van der Waals surface area contributed by atoms with Gasteiger partial charge >= 0.3 is 0 Å². The number of phenolic OH excluding ortho intramolecular Hbond substituents is 1. The van der Waals surface area contributed by atoms with E-state index < -0.39 is 17.7 Å².